The minimum Gasteiger partial charge on any atom is -0.313 e. The van der Waals surface area contributed by atoms with Crippen molar-refractivity contribution in [1.29, 1.82) is 0 Å². The SMILES string of the molecule is CCNCc1cc(-c2ccc(C(C)CC)cc2)ccc1Cl. The highest BCUT2D eigenvalue weighted by Crippen LogP contribution is 2.27. The van der Waals surface area contributed by atoms with E-state index in [9.17, 15) is 0 Å². The van der Waals surface area contributed by atoms with Gasteiger partial charge in [-0.3, -0.25) is 0 Å². The van der Waals surface area contributed by atoms with E-state index in [0.29, 0.717) is 5.92 Å². The summed E-state index contributed by atoms with van der Waals surface area (Å²) in [5, 5.41) is 4.16. The summed E-state index contributed by atoms with van der Waals surface area (Å²) < 4.78 is 0. The Hall–Kier alpha value is -1.31. The lowest BCUT2D eigenvalue weighted by atomic mass is 9.95. The molecule has 21 heavy (non-hydrogen) atoms. The molecule has 1 atom stereocenters. The Morgan fingerprint density at radius 3 is 2.29 bits per heavy atom. The highest BCUT2D eigenvalue weighted by atomic mass is 35.5. The molecule has 0 aliphatic rings. The maximum atomic E-state index is 6.26. The van der Waals surface area contributed by atoms with Gasteiger partial charge < -0.3 is 5.32 Å². The molecule has 0 fully saturated rings. The van der Waals surface area contributed by atoms with Crippen molar-refractivity contribution >= 4 is 11.6 Å². The summed E-state index contributed by atoms with van der Waals surface area (Å²) in [5.41, 5.74) is 5.03. The zero-order valence-electron chi connectivity index (χ0n) is 13.1. The Kier molecular flexibility index (Phi) is 5.84. The molecule has 0 saturated heterocycles. The number of hydrogen-bond donors (Lipinski definition) is 1. The van der Waals surface area contributed by atoms with Crippen molar-refractivity contribution in [3.8, 4) is 11.1 Å². The molecule has 0 aromatic heterocycles. The Labute approximate surface area is 133 Å². The predicted octanol–water partition coefficient (Wildman–Crippen LogP) is 5.63. The predicted molar refractivity (Wildman–Crippen MR) is 93.0 cm³/mol. The molecule has 0 bridgehead atoms. The average Bonchev–Trinajstić information content (AvgIpc) is 2.53. The van der Waals surface area contributed by atoms with E-state index in [1.54, 1.807) is 0 Å². The van der Waals surface area contributed by atoms with Crippen LogP contribution in [0.5, 0.6) is 0 Å². The average molecular weight is 302 g/mol. The molecule has 0 spiro atoms. The van der Waals surface area contributed by atoms with Crippen molar-refractivity contribution in [2.45, 2.75) is 39.7 Å². The Morgan fingerprint density at radius 1 is 1.00 bits per heavy atom. The molecule has 2 heteroatoms. The second-order valence-corrected chi connectivity index (χ2v) is 5.93. The van der Waals surface area contributed by atoms with Gasteiger partial charge in [-0.15, -0.1) is 0 Å². The fraction of sp³-hybridized carbons (Fsp3) is 0.368. The van der Waals surface area contributed by atoms with Gasteiger partial charge in [-0.1, -0.05) is 62.7 Å². The first-order valence-electron chi connectivity index (χ1n) is 7.75. The molecule has 0 amide bonds. The van der Waals surface area contributed by atoms with Gasteiger partial charge in [-0.25, -0.2) is 0 Å². The number of hydrogen-bond acceptors (Lipinski definition) is 1. The third-order valence-electron chi connectivity index (χ3n) is 4.04. The van der Waals surface area contributed by atoms with E-state index in [4.69, 9.17) is 11.6 Å². The molecule has 0 radical (unpaired) electrons. The van der Waals surface area contributed by atoms with Gasteiger partial charge in [-0.05, 0) is 53.3 Å². The molecule has 112 valence electrons. The van der Waals surface area contributed by atoms with Crippen LogP contribution in [0.4, 0.5) is 0 Å². The van der Waals surface area contributed by atoms with Gasteiger partial charge in [0.05, 0.1) is 0 Å². The summed E-state index contributed by atoms with van der Waals surface area (Å²) in [4.78, 5) is 0. The van der Waals surface area contributed by atoms with Crippen LogP contribution in [0.15, 0.2) is 42.5 Å². The Bertz CT molecular complexity index is 575. The fourth-order valence-electron chi connectivity index (χ4n) is 2.39. The third kappa shape index (κ3) is 4.09. The van der Waals surface area contributed by atoms with E-state index in [1.807, 2.05) is 6.07 Å². The highest BCUT2D eigenvalue weighted by molar-refractivity contribution is 6.31. The number of benzene rings is 2. The molecule has 1 N–H and O–H groups in total. The third-order valence-corrected chi connectivity index (χ3v) is 4.41. The molecule has 0 aliphatic carbocycles. The molecule has 2 aromatic carbocycles. The van der Waals surface area contributed by atoms with Gasteiger partial charge in [0.25, 0.3) is 0 Å². The Balaban J connectivity index is 2.25. The van der Waals surface area contributed by atoms with Crippen molar-refractivity contribution in [3.05, 3.63) is 58.6 Å². The molecule has 1 unspecified atom stereocenters. The summed E-state index contributed by atoms with van der Waals surface area (Å²) >= 11 is 6.26. The van der Waals surface area contributed by atoms with E-state index in [2.05, 4.69) is 62.5 Å². The lowest BCUT2D eigenvalue weighted by molar-refractivity contribution is 0.727. The summed E-state index contributed by atoms with van der Waals surface area (Å²) in [6.45, 7) is 8.36. The van der Waals surface area contributed by atoms with E-state index < -0.39 is 0 Å². The van der Waals surface area contributed by atoms with E-state index in [-0.39, 0.29) is 0 Å². The van der Waals surface area contributed by atoms with Crippen LogP contribution in [-0.4, -0.2) is 6.54 Å². The maximum absolute atomic E-state index is 6.26. The van der Waals surface area contributed by atoms with Crippen LogP contribution < -0.4 is 5.32 Å². The van der Waals surface area contributed by atoms with E-state index in [1.165, 1.54) is 23.1 Å². The smallest absolute Gasteiger partial charge is 0.0451 e. The van der Waals surface area contributed by atoms with Crippen molar-refractivity contribution in [2.75, 3.05) is 6.54 Å². The minimum absolute atomic E-state index is 0.619. The zero-order chi connectivity index (χ0) is 15.2. The first-order valence-corrected chi connectivity index (χ1v) is 8.13. The van der Waals surface area contributed by atoms with Crippen molar-refractivity contribution in [3.63, 3.8) is 0 Å². The summed E-state index contributed by atoms with van der Waals surface area (Å²) in [5.74, 6) is 0.619. The van der Waals surface area contributed by atoms with E-state index >= 15 is 0 Å². The monoisotopic (exact) mass is 301 g/mol. The fourth-order valence-corrected chi connectivity index (χ4v) is 2.57. The van der Waals surface area contributed by atoms with Gasteiger partial charge in [-0.2, -0.15) is 0 Å². The van der Waals surface area contributed by atoms with Gasteiger partial charge in [0, 0.05) is 11.6 Å². The van der Waals surface area contributed by atoms with Crippen LogP contribution in [-0.2, 0) is 6.54 Å². The van der Waals surface area contributed by atoms with Crippen LogP contribution in [0, 0.1) is 0 Å². The van der Waals surface area contributed by atoms with E-state index in [0.717, 1.165) is 23.7 Å². The van der Waals surface area contributed by atoms with Gasteiger partial charge in [0.15, 0.2) is 0 Å². The summed E-state index contributed by atoms with van der Waals surface area (Å²) in [7, 11) is 0. The summed E-state index contributed by atoms with van der Waals surface area (Å²) in [6, 6.07) is 15.2. The lowest BCUT2D eigenvalue weighted by Crippen LogP contribution is -2.12. The van der Waals surface area contributed by atoms with Crippen molar-refractivity contribution in [2.24, 2.45) is 0 Å². The number of nitrogens with one attached hydrogen (secondary N) is 1. The summed E-state index contributed by atoms with van der Waals surface area (Å²) in [6.07, 6.45) is 1.17. The van der Waals surface area contributed by atoms with Crippen LogP contribution in [0.1, 0.15) is 44.2 Å². The van der Waals surface area contributed by atoms with Crippen LogP contribution in [0.2, 0.25) is 5.02 Å². The Morgan fingerprint density at radius 2 is 1.67 bits per heavy atom. The van der Waals surface area contributed by atoms with Crippen molar-refractivity contribution in [1.82, 2.24) is 5.32 Å². The van der Waals surface area contributed by atoms with Crippen LogP contribution in [0.3, 0.4) is 0 Å². The normalized spacial score (nSPS) is 12.4. The molecule has 0 aliphatic heterocycles. The highest BCUT2D eigenvalue weighted by Gasteiger charge is 2.06. The van der Waals surface area contributed by atoms with Gasteiger partial charge >= 0.3 is 0 Å². The van der Waals surface area contributed by atoms with Crippen molar-refractivity contribution < 1.29 is 0 Å². The molecule has 2 rings (SSSR count). The largest absolute Gasteiger partial charge is 0.313 e. The molecule has 0 heterocycles. The molecular weight excluding hydrogens is 278 g/mol. The lowest BCUT2D eigenvalue weighted by Gasteiger charge is -2.11. The quantitative estimate of drug-likeness (QED) is 0.729. The first kappa shape index (κ1) is 16.1. The van der Waals surface area contributed by atoms with Crippen LogP contribution >= 0.6 is 11.6 Å². The number of halogens is 1. The van der Waals surface area contributed by atoms with Gasteiger partial charge in [0.1, 0.15) is 0 Å². The molecule has 1 nitrogen and oxygen atoms in total. The minimum atomic E-state index is 0.619. The molecular formula is C19H24ClN. The van der Waals surface area contributed by atoms with Crippen LogP contribution in [0.25, 0.3) is 11.1 Å². The second-order valence-electron chi connectivity index (χ2n) is 5.52. The number of rotatable bonds is 6. The molecule has 0 saturated carbocycles. The maximum Gasteiger partial charge on any atom is 0.0451 e. The first-order chi connectivity index (χ1) is 10.2. The molecule has 2 aromatic rings. The van der Waals surface area contributed by atoms with Gasteiger partial charge in [0.2, 0.25) is 0 Å². The standard InChI is InChI=1S/C19H24ClN/c1-4-14(3)15-6-8-16(9-7-15)17-10-11-19(20)18(12-17)13-21-5-2/h6-12,14,21H,4-5,13H2,1-3H3. The topological polar surface area (TPSA) is 12.0 Å². The second kappa shape index (κ2) is 7.63. The zero-order valence-corrected chi connectivity index (χ0v) is 13.9.